The third-order valence-corrected chi connectivity index (χ3v) is 3.50. The Balaban J connectivity index is 1.68. The van der Waals surface area contributed by atoms with Gasteiger partial charge in [0.25, 0.3) is 5.91 Å². The van der Waals surface area contributed by atoms with Gasteiger partial charge >= 0.3 is 6.01 Å². The molecule has 2 heterocycles. The highest BCUT2D eigenvalue weighted by Crippen LogP contribution is 2.28. The van der Waals surface area contributed by atoms with Crippen LogP contribution >= 0.6 is 15.9 Å². The Labute approximate surface area is 123 Å². The fourth-order valence-corrected chi connectivity index (χ4v) is 2.22. The minimum absolute atomic E-state index is 0.0865. The summed E-state index contributed by atoms with van der Waals surface area (Å²) in [6, 6.07) is 7.08. The van der Waals surface area contributed by atoms with Crippen LogP contribution in [0.2, 0.25) is 0 Å². The molecule has 3 rings (SSSR count). The molecule has 1 N–H and O–H groups in total. The summed E-state index contributed by atoms with van der Waals surface area (Å²) < 4.78 is 11.7. The van der Waals surface area contributed by atoms with Gasteiger partial charge in [0.05, 0.1) is 0 Å². The third kappa shape index (κ3) is 2.88. The number of amides is 1. The van der Waals surface area contributed by atoms with Gasteiger partial charge in [-0.05, 0) is 37.1 Å². The highest BCUT2D eigenvalue weighted by Gasteiger charge is 2.24. The highest BCUT2D eigenvalue weighted by molar-refractivity contribution is 9.10. The van der Waals surface area contributed by atoms with E-state index < -0.39 is 0 Å². The molecule has 0 bridgehead atoms. The summed E-state index contributed by atoms with van der Waals surface area (Å²) in [5.41, 5.74) is 0.519. The van der Waals surface area contributed by atoms with Gasteiger partial charge in [-0.15, -0.1) is 5.10 Å². The van der Waals surface area contributed by atoms with Crippen molar-refractivity contribution in [3.05, 3.63) is 40.2 Å². The number of hydrogen-bond acceptors (Lipinski definition) is 5. The predicted molar refractivity (Wildman–Crippen MR) is 74.3 cm³/mol. The summed E-state index contributed by atoms with van der Waals surface area (Å²) in [5.74, 6) is 0.119. The van der Waals surface area contributed by atoms with Crippen LogP contribution in [0.25, 0.3) is 0 Å². The fourth-order valence-electron chi connectivity index (χ4n) is 1.96. The summed E-state index contributed by atoms with van der Waals surface area (Å²) in [4.78, 5) is 12.0. The van der Waals surface area contributed by atoms with Gasteiger partial charge in [0.15, 0.2) is 0 Å². The van der Waals surface area contributed by atoms with Crippen LogP contribution in [0, 0.1) is 0 Å². The zero-order valence-electron chi connectivity index (χ0n) is 10.5. The molecule has 20 heavy (non-hydrogen) atoms. The second-order valence-corrected chi connectivity index (χ2v) is 5.32. The Morgan fingerprint density at radius 1 is 1.30 bits per heavy atom. The maximum atomic E-state index is 12.0. The lowest BCUT2D eigenvalue weighted by molar-refractivity contribution is 0.0893. The lowest BCUT2D eigenvalue weighted by atomic mass is 10.2. The van der Waals surface area contributed by atoms with E-state index in [-0.39, 0.29) is 18.0 Å². The summed E-state index contributed by atoms with van der Waals surface area (Å²) in [6.45, 7) is 0.702. The molecule has 1 fully saturated rings. The summed E-state index contributed by atoms with van der Waals surface area (Å²) in [7, 11) is 0. The summed E-state index contributed by atoms with van der Waals surface area (Å²) in [5, 5.41) is 10.3. The number of nitrogens with zero attached hydrogens (tertiary/aromatic N) is 2. The molecule has 7 heteroatoms. The molecule has 0 spiro atoms. The van der Waals surface area contributed by atoms with Crippen LogP contribution in [0.15, 0.2) is 33.2 Å². The number of halogens is 1. The SMILES string of the molecule is O=C(Nc1nnc(C2CCCO2)o1)c1ccc(Br)cc1. The molecule has 1 aliphatic rings. The first-order chi connectivity index (χ1) is 9.72. The number of benzene rings is 1. The predicted octanol–water partition coefficient (Wildman–Crippen LogP) is 2.94. The molecule has 1 unspecified atom stereocenters. The number of rotatable bonds is 3. The second-order valence-electron chi connectivity index (χ2n) is 4.41. The molecule has 0 radical (unpaired) electrons. The van der Waals surface area contributed by atoms with Crippen LogP contribution in [-0.2, 0) is 4.74 Å². The monoisotopic (exact) mass is 337 g/mol. The molecule has 1 aliphatic heterocycles. The van der Waals surface area contributed by atoms with Gasteiger partial charge in [-0.2, -0.15) is 0 Å². The fraction of sp³-hybridized carbons (Fsp3) is 0.308. The van der Waals surface area contributed by atoms with Gasteiger partial charge in [-0.3, -0.25) is 10.1 Å². The number of anilines is 1. The van der Waals surface area contributed by atoms with Crippen molar-refractivity contribution in [2.75, 3.05) is 11.9 Å². The van der Waals surface area contributed by atoms with Gasteiger partial charge < -0.3 is 9.15 Å². The lowest BCUT2D eigenvalue weighted by Gasteiger charge is -2.02. The number of aromatic nitrogens is 2. The molecule has 0 saturated carbocycles. The average molecular weight is 338 g/mol. The van der Waals surface area contributed by atoms with E-state index >= 15 is 0 Å². The quantitative estimate of drug-likeness (QED) is 0.931. The van der Waals surface area contributed by atoms with Crippen LogP contribution in [0.4, 0.5) is 6.01 Å². The zero-order chi connectivity index (χ0) is 13.9. The smallest absolute Gasteiger partial charge is 0.322 e. The molecule has 1 saturated heterocycles. The first kappa shape index (κ1) is 13.3. The van der Waals surface area contributed by atoms with E-state index in [1.807, 2.05) is 0 Å². The first-order valence-electron chi connectivity index (χ1n) is 6.24. The third-order valence-electron chi connectivity index (χ3n) is 2.97. The largest absolute Gasteiger partial charge is 0.405 e. The molecular weight excluding hydrogens is 326 g/mol. The molecule has 104 valence electrons. The molecule has 6 nitrogen and oxygen atoms in total. The van der Waals surface area contributed by atoms with E-state index in [0.29, 0.717) is 18.1 Å². The van der Waals surface area contributed by atoms with E-state index in [1.54, 1.807) is 24.3 Å². The Morgan fingerprint density at radius 2 is 2.10 bits per heavy atom. The van der Waals surface area contributed by atoms with Crippen LogP contribution in [0.5, 0.6) is 0 Å². The molecule has 1 aromatic carbocycles. The van der Waals surface area contributed by atoms with Crippen LogP contribution in [0.3, 0.4) is 0 Å². The van der Waals surface area contributed by atoms with Gasteiger partial charge in [-0.1, -0.05) is 21.0 Å². The highest BCUT2D eigenvalue weighted by atomic mass is 79.9. The number of hydrogen-bond donors (Lipinski definition) is 1. The van der Waals surface area contributed by atoms with E-state index in [1.165, 1.54) is 0 Å². The number of carbonyl (C=O) groups excluding carboxylic acids is 1. The van der Waals surface area contributed by atoms with Gasteiger partial charge in [0.2, 0.25) is 5.89 Å². The topological polar surface area (TPSA) is 77.2 Å². The van der Waals surface area contributed by atoms with E-state index in [4.69, 9.17) is 9.15 Å². The molecule has 1 aromatic heterocycles. The van der Waals surface area contributed by atoms with Crippen LogP contribution in [-0.4, -0.2) is 22.7 Å². The van der Waals surface area contributed by atoms with Crippen molar-refractivity contribution < 1.29 is 13.9 Å². The maximum Gasteiger partial charge on any atom is 0.322 e. The number of nitrogens with one attached hydrogen (secondary N) is 1. The molecular formula is C13H12BrN3O3. The van der Waals surface area contributed by atoms with Gasteiger partial charge in [0.1, 0.15) is 6.10 Å². The Morgan fingerprint density at radius 3 is 2.80 bits per heavy atom. The van der Waals surface area contributed by atoms with Crippen molar-refractivity contribution in [1.82, 2.24) is 10.2 Å². The maximum absolute atomic E-state index is 12.0. The van der Waals surface area contributed by atoms with Crippen molar-refractivity contribution in [2.45, 2.75) is 18.9 Å². The zero-order valence-corrected chi connectivity index (χ0v) is 12.1. The minimum atomic E-state index is -0.292. The van der Waals surface area contributed by atoms with E-state index in [2.05, 4.69) is 31.4 Å². The Bertz CT molecular complexity index is 606. The second kappa shape index (κ2) is 5.72. The minimum Gasteiger partial charge on any atom is -0.405 e. The van der Waals surface area contributed by atoms with Gasteiger partial charge in [0, 0.05) is 16.6 Å². The number of ether oxygens (including phenoxy) is 1. The molecule has 0 aliphatic carbocycles. The Kier molecular flexibility index (Phi) is 3.79. The summed E-state index contributed by atoms with van der Waals surface area (Å²) >= 11 is 3.32. The van der Waals surface area contributed by atoms with Crippen molar-refractivity contribution in [2.24, 2.45) is 0 Å². The number of carbonyl (C=O) groups is 1. The van der Waals surface area contributed by atoms with Crippen molar-refractivity contribution >= 4 is 27.9 Å². The Hall–Kier alpha value is -1.73. The van der Waals surface area contributed by atoms with Crippen LogP contribution in [0.1, 0.15) is 35.2 Å². The molecule has 2 aromatic rings. The van der Waals surface area contributed by atoms with Gasteiger partial charge in [-0.25, -0.2) is 0 Å². The van der Waals surface area contributed by atoms with Crippen molar-refractivity contribution in [3.63, 3.8) is 0 Å². The normalized spacial score (nSPS) is 18.1. The summed E-state index contributed by atoms with van der Waals surface area (Å²) in [6.07, 6.45) is 1.69. The lowest BCUT2D eigenvalue weighted by Crippen LogP contribution is -2.11. The molecule has 1 atom stereocenters. The standard InChI is InChI=1S/C13H12BrN3O3/c14-9-5-3-8(4-6-9)11(18)15-13-17-16-12(20-13)10-2-1-7-19-10/h3-6,10H,1-2,7H2,(H,15,17,18). The molecule has 1 amide bonds. The van der Waals surface area contributed by atoms with E-state index in [0.717, 1.165) is 17.3 Å². The first-order valence-corrected chi connectivity index (χ1v) is 7.03. The van der Waals surface area contributed by atoms with Crippen molar-refractivity contribution in [1.29, 1.82) is 0 Å². The van der Waals surface area contributed by atoms with Crippen LogP contribution < -0.4 is 5.32 Å². The van der Waals surface area contributed by atoms with Crippen molar-refractivity contribution in [3.8, 4) is 0 Å². The van der Waals surface area contributed by atoms with E-state index in [9.17, 15) is 4.79 Å². The average Bonchev–Trinajstić information content (AvgIpc) is 3.09.